The van der Waals surface area contributed by atoms with Crippen LogP contribution >= 0.6 is 0 Å². The summed E-state index contributed by atoms with van der Waals surface area (Å²) >= 11 is 0. The average molecular weight is 413 g/mol. The van der Waals surface area contributed by atoms with Crippen molar-refractivity contribution in [2.75, 3.05) is 18.5 Å². The molecule has 0 saturated heterocycles. The van der Waals surface area contributed by atoms with E-state index in [4.69, 9.17) is 9.47 Å². The highest BCUT2D eigenvalue weighted by Gasteiger charge is 2.15. The molecule has 2 rings (SSSR count). The zero-order valence-corrected chi connectivity index (χ0v) is 18.3. The molecule has 6 heteroatoms. The molecule has 2 aromatic rings. The van der Waals surface area contributed by atoms with Crippen LogP contribution in [0.3, 0.4) is 0 Å². The molecule has 0 aliphatic carbocycles. The number of amides is 2. The Hall–Kier alpha value is -3.02. The Morgan fingerprint density at radius 1 is 0.967 bits per heavy atom. The van der Waals surface area contributed by atoms with E-state index in [0.29, 0.717) is 48.8 Å². The summed E-state index contributed by atoms with van der Waals surface area (Å²) in [4.78, 5) is 25.0. The summed E-state index contributed by atoms with van der Waals surface area (Å²) in [6.07, 6.45) is 1.69. The van der Waals surface area contributed by atoms with Crippen LogP contribution in [0.5, 0.6) is 11.5 Å². The van der Waals surface area contributed by atoms with Crippen molar-refractivity contribution < 1.29 is 19.1 Å². The van der Waals surface area contributed by atoms with Crippen molar-refractivity contribution in [3.05, 3.63) is 53.6 Å². The summed E-state index contributed by atoms with van der Waals surface area (Å²) in [5.41, 5.74) is 1.97. The molecule has 0 aromatic heterocycles. The summed E-state index contributed by atoms with van der Waals surface area (Å²) in [7, 11) is 0. The summed E-state index contributed by atoms with van der Waals surface area (Å²) < 4.78 is 11.2. The van der Waals surface area contributed by atoms with Crippen LogP contribution in [0.2, 0.25) is 0 Å². The van der Waals surface area contributed by atoms with Gasteiger partial charge in [0.05, 0.1) is 24.5 Å². The zero-order valence-electron chi connectivity index (χ0n) is 18.3. The minimum absolute atomic E-state index is 0.0699. The molecule has 162 valence electrons. The van der Waals surface area contributed by atoms with Gasteiger partial charge < -0.3 is 20.1 Å². The molecule has 0 spiro atoms. The molecule has 1 atom stereocenters. The van der Waals surface area contributed by atoms with Crippen molar-refractivity contribution in [2.24, 2.45) is 0 Å². The first-order valence-corrected chi connectivity index (χ1v) is 10.6. The van der Waals surface area contributed by atoms with Gasteiger partial charge in [0.15, 0.2) is 11.5 Å². The maximum atomic E-state index is 12.5. The van der Waals surface area contributed by atoms with Crippen LogP contribution in [-0.4, -0.2) is 31.1 Å². The Kier molecular flexibility index (Phi) is 9.19. The number of aryl methyl sites for hydroxylation is 1. The lowest BCUT2D eigenvalue weighted by Gasteiger charge is -2.15. The number of para-hydroxylation sites is 1. The Morgan fingerprint density at radius 2 is 1.67 bits per heavy atom. The molecule has 0 aliphatic rings. The highest BCUT2D eigenvalue weighted by Crippen LogP contribution is 2.29. The highest BCUT2D eigenvalue weighted by atomic mass is 16.5. The van der Waals surface area contributed by atoms with Crippen LogP contribution in [0, 0.1) is 0 Å². The molecule has 0 fully saturated rings. The molecule has 0 bridgehead atoms. The van der Waals surface area contributed by atoms with Gasteiger partial charge in [0.2, 0.25) is 5.91 Å². The fourth-order valence-electron chi connectivity index (χ4n) is 2.92. The van der Waals surface area contributed by atoms with Crippen molar-refractivity contribution in [2.45, 2.75) is 53.0 Å². The van der Waals surface area contributed by atoms with Gasteiger partial charge in [-0.25, -0.2) is 0 Å². The summed E-state index contributed by atoms with van der Waals surface area (Å²) in [6, 6.07) is 12.8. The Bertz CT molecular complexity index is 851. The number of benzene rings is 2. The van der Waals surface area contributed by atoms with Crippen molar-refractivity contribution >= 4 is 17.5 Å². The van der Waals surface area contributed by atoms with E-state index in [1.54, 1.807) is 24.3 Å². The van der Waals surface area contributed by atoms with Gasteiger partial charge in [-0.2, -0.15) is 0 Å². The van der Waals surface area contributed by atoms with Crippen molar-refractivity contribution in [1.29, 1.82) is 0 Å². The number of nitrogens with one attached hydrogen (secondary N) is 2. The molecule has 30 heavy (non-hydrogen) atoms. The first-order valence-electron chi connectivity index (χ1n) is 10.6. The number of hydrogen-bond acceptors (Lipinski definition) is 4. The molecule has 2 amide bonds. The monoisotopic (exact) mass is 412 g/mol. The van der Waals surface area contributed by atoms with Gasteiger partial charge in [-0.1, -0.05) is 25.1 Å². The Labute approximate surface area is 179 Å². The molecular weight excluding hydrogens is 380 g/mol. The molecular formula is C24H32N2O4. The standard InChI is InChI=1S/C24H32N2O4/c1-5-17(4)25-24(28)19-10-8-9-11-20(19)26-23(27)15-13-18-12-14-21(29-6-2)22(16-18)30-7-3/h8-12,14,16-17H,5-7,13,15H2,1-4H3,(H,25,28)(H,26,27)/t17-/m0/s1. The lowest BCUT2D eigenvalue weighted by atomic mass is 10.1. The summed E-state index contributed by atoms with van der Waals surface area (Å²) in [5.74, 6) is 1.05. The molecule has 2 N–H and O–H groups in total. The van der Waals surface area contributed by atoms with E-state index >= 15 is 0 Å². The minimum Gasteiger partial charge on any atom is -0.490 e. The Morgan fingerprint density at radius 3 is 2.37 bits per heavy atom. The lowest BCUT2D eigenvalue weighted by molar-refractivity contribution is -0.116. The maximum Gasteiger partial charge on any atom is 0.253 e. The van der Waals surface area contributed by atoms with Gasteiger partial charge in [-0.3, -0.25) is 9.59 Å². The number of hydrogen-bond donors (Lipinski definition) is 2. The maximum absolute atomic E-state index is 12.5. The zero-order chi connectivity index (χ0) is 21.9. The van der Waals surface area contributed by atoms with Gasteiger partial charge in [0.25, 0.3) is 5.91 Å². The predicted molar refractivity (Wildman–Crippen MR) is 119 cm³/mol. The van der Waals surface area contributed by atoms with E-state index in [9.17, 15) is 9.59 Å². The van der Waals surface area contributed by atoms with Crippen LogP contribution in [-0.2, 0) is 11.2 Å². The van der Waals surface area contributed by atoms with Gasteiger partial charge in [-0.05, 0) is 63.4 Å². The van der Waals surface area contributed by atoms with Gasteiger partial charge >= 0.3 is 0 Å². The third kappa shape index (κ3) is 6.79. The third-order valence-electron chi connectivity index (χ3n) is 4.68. The van der Waals surface area contributed by atoms with Crippen LogP contribution in [0.15, 0.2) is 42.5 Å². The van der Waals surface area contributed by atoms with Crippen LogP contribution < -0.4 is 20.1 Å². The molecule has 2 aromatic carbocycles. The van der Waals surface area contributed by atoms with Gasteiger partial charge in [0.1, 0.15) is 0 Å². The topological polar surface area (TPSA) is 76.7 Å². The van der Waals surface area contributed by atoms with E-state index in [2.05, 4.69) is 10.6 Å². The fraction of sp³-hybridized carbons (Fsp3) is 0.417. The van der Waals surface area contributed by atoms with E-state index in [1.165, 1.54) is 0 Å². The number of carbonyl (C=O) groups is 2. The van der Waals surface area contributed by atoms with Crippen molar-refractivity contribution in [3.8, 4) is 11.5 Å². The smallest absolute Gasteiger partial charge is 0.253 e. The summed E-state index contributed by atoms with van der Waals surface area (Å²) in [6.45, 7) is 8.91. The molecule has 0 saturated carbocycles. The third-order valence-corrected chi connectivity index (χ3v) is 4.68. The molecule has 6 nitrogen and oxygen atoms in total. The van der Waals surface area contributed by atoms with Crippen LogP contribution in [0.1, 0.15) is 56.5 Å². The first kappa shape index (κ1) is 23.3. The largest absolute Gasteiger partial charge is 0.490 e. The average Bonchev–Trinajstić information content (AvgIpc) is 2.74. The second-order valence-corrected chi connectivity index (χ2v) is 7.02. The first-order chi connectivity index (χ1) is 14.5. The molecule has 0 aliphatic heterocycles. The van der Waals surface area contributed by atoms with Crippen molar-refractivity contribution in [1.82, 2.24) is 5.32 Å². The van der Waals surface area contributed by atoms with E-state index < -0.39 is 0 Å². The SMILES string of the molecule is CCOc1ccc(CCC(=O)Nc2ccccc2C(=O)N[C@@H](C)CC)cc1OCC. The van der Waals surface area contributed by atoms with Gasteiger partial charge in [-0.15, -0.1) is 0 Å². The quantitative estimate of drug-likeness (QED) is 0.566. The van der Waals surface area contributed by atoms with Gasteiger partial charge in [0, 0.05) is 12.5 Å². The lowest BCUT2D eigenvalue weighted by Crippen LogP contribution is -2.32. The normalized spacial score (nSPS) is 11.5. The van der Waals surface area contributed by atoms with E-state index in [-0.39, 0.29) is 17.9 Å². The number of rotatable bonds is 11. The second-order valence-electron chi connectivity index (χ2n) is 7.02. The summed E-state index contributed by atoms with van der Waals surface area (Å²) in [5, 5.41) is 5.80. The van der Waals surface area contributed by atoms with Crippen LogP contribution in [0.25, 0.3) is 0 Å². The fourth-order valence-corrected chi connectivity index (χ4v) is 2.92. The molecule has 0 heterocycles. The second kappa shape index (κ2) is 11.9. The molecule has 0 unspecified atom stereocenters. The van der Waals surface area contributed by atoms with E-state index in [1.807, 2.05) is 45.9 Å². The predicted octanol–water partition coefficient (Wildman–Crippen LogP) is 4.58. The molecule has 0 radical (unpaired) electrons. The number of ether oxygens (including phenoxy) is 2. The number of anilines is 1. The minimum atomic E-state index is -0.187. The van der Waals surface area contributed by atoms with Crippen LogP contribution in [0.4, 0.5) is 5.69 Å². The number of carbonyl (C=O) groups excluding carboxylic acids is 2. The highest BCUT2D eigenvalue weighted by molar-refractivity contribution is 6.03. The van der Waals surface area contributed by atoms with E-state index in [0.717, 1.165) is 12.0 Å². The van der Waals surface area contributed by atoms with Crippen molar-refractivity contribution in [3.63, 3.8) is 0 Å². The Balaban J connectivity index is 2.02.